The average Bonchev–Trinajstić information content (AvgIpc) is 2.41. The number of rotatable bonds is 4. The number of alkyl halides is 3. The van der Waals surface area contributed by atoms with Crippen molar-refractivity contribution in [3.05, 3.63) is 28.8 Å². The van der Waals surface area contributed by atoms with Gasteiger partial charge in [0.05, 0.1) is 16.3 Å². The molecule has 1 aromatic rings. The van der Waals surface area contributed by atoms with Crippen molar-refractivity contribution in [2.45, 2.75) is 44.7 Å². The first kappa shape index (κ1) is 15.5. The molecule has 0 aliphatic heterocycles. The Bertz CT molecular complexity index is 439. The van der Waals surface area contributed by atoms with E-state index in [4.69, 9.17) is 11.6 Å². The smallest absolute Gasteiger partial charge is 0.384 e. The van der Waals surface area contributed by atoms with Crippen molar-refractivity contribution in [1.29, 1.82) is 0 Å². The molecule has 0 spiro atoms. The molecule has 0 saturated heterocycles. The molecule has 0 unspecified atom stereocenters. The number of benzene rings is 1. The number of hydrogen-bond acceptors (Lipinski definition) is 1. The summed E-state index contributed by atoms with van der Waals surface area (Å²) in [5.74, 6) is 0.695. The lowest BCUT2D eigenvalue weighted by atomic mass is 9.87. The Balaban J connectivity index is 1.91. The van der Waals surface area contributed by atoms with Gasteiger partial charge in [-0.15, -0.1) is 0 Å². The highest BCUT2D eigenvalue weighted by Gasteiger charge is 2.30. The molecule has 1 aliphatic carbocycles. The molecule has 5 heteroatoms. The van der Waals surface area contributed by atoms with Crippen LogP contribution in [-0.2, 0) is 6.18 Å². The third-order valence-corrected chi connectivity index (χ3v) is 4.22. The van der Waals surface area contributed by atoms with Crippen LogP contribution < -0.4 is 5.32 Å². The number of halogens is 4. The highest BCUT2D eigenvalue weighted by atomic mass is 35.5. The number of anilines is 1. The maximum absolute atomic E-state index is 12.6. The van der Waals surface area contributed by atoms with Crippen LogP contribution in [0.3, 0.4) is 0 Å². The van der Waals surface area contributed by atoms with E-state index in [2.05, 4.69) is 5.32 Å². The van der Waals surface area contributed by atoms with Crippen molar-refractivity contribution in [3.8, 4) is 0 Å². The van der Waals surface area contributed by atoms with Gasteiger partial charge in [0.1, 0.15) is 0 Å². The number of nitrogens with one attached hydrogen (secondary N) is 1. The Hall–Kier alpha value is -0.900. The van der Waals surface area contributed by atoms with Gasteiger partial charge in [-0.25, -0.2) is 0 Å². The summed E-state index contributed by atoms with van der Waals surface area (Å²) in [5, 5.41) is 3.38. The van der Waals surface area contributed by atoms with Crippen molar-refractivity contribution in [3.63, 3.8) is 0 Å². The molecule has 2 rings (SSSR count). The largest absolute Gasteiger partial charge is 0.416 e. The maximum Gasteiger partial charge on any atom is 0.416 e. The van der Waals surface area contributed by atoms with Gasteiger partial charge >= 0.3 is 6.18 Å². The van der Waals surface area contributed by atoms with Gasteiger partial charge in [0.2, 0.25) is 0 Å². The van der Waals surface area contributed by atoms with Gasteiger partial charge in [-0.3, -0.25) is 0 Å². The molecule has 0 bridgehead atoms. The second-order valence-corrected chi connectivity index (χ2v) is 5.82. The highest BCUT2D eigenvalue weighted by Crippen LogP contribution is 2.34. The first-order valence-corrected chi connectivity index (χ1v) is 7.45. The molecule has 0 radical (unpaired) electrons. The summed E-state index contributed by atoms with van der Waals surface area (Å²) in [6.07, 6.45) is 2.99. The molecule has 1 aliphatic rings. The Kier molecular flexibility index (Phi) is 5.19. The third kappa shape index (κ3) is 4.30. The van der Waals surface area contributed by atoms with Gasteiger partial charge < -0.3 is 5.32 Å². The topological polar surface area (TPSA) is 12.0 Å². The fourth-order valence-corrected chi connectivity index (χ4v) is 2.91. The van der Waals surface area contributed by atoms with E-state index in [0.29, 0.717) is 23.2 Å². The second kappa shape index (κ2) is 6.70. The third-order valence-electron chi connectivity index (χ3n) is 3.89. The van der Waals surface area contributed by atoms with Crippen molar-refractivity contribution in [1.82, 2.24) is 0 Å². The Morgan fingerprint density at radius 1 is 1.15 bits per heavy atom. The SMILES string of the molecule is FC(F)(F)c1ccc(Cl)c(NCCC2CCCCC2)c1. The summed E-state index contributed by atoms with van der Waals surface area (Å²) in [5.41, 5.74) is -0.292. The predicted molar refractivity (Wildman–Crippen MR) is 76.1 cm³/mol. The summed E-state index contributed by atoms with van der Waals surface area (Å²) in [7, 11) is 0. The molecule has 1 fully saturated rings. The van der Waals surface area contributed by atoms with Crippen LogP contribution in [0.2, 0.25) is 5.02 Å². The zero-order valence-electron chi connectivity index (χ0n) is 11.3. The van der Waals surface area contributed by atoms with E-state index in [1.54, 1.807) is 0 Å². The maximum atomic E-state index is 12.6. The Morgan fingerprint density at radius 2 is 1.85 bits per heavy atom. The van der Waals surface area contributed by atoms with Gasteiger partial charge in [-0.05, 0) is 30.5 Å². The predicted octanol–water partition coefficient (Wildman–Crippen LogP) is 5.74. The van der Waals surface area contributed by atoms with Crippen LogP contribution in [0.4, 0.5) is 18.9 Å². The zero-order valence-corrected chi connectivity index (χ0v) is 12.0. The molecule has 1 nitrogen and oxygen atoms in total. The summed E-state index contributed by atoms with van der Waals surface area (Å²) in [6.45, 7) is 0.672. The van der Waals surface area contributed by atoms with Gasteiger partial charge in [-0.2, -0.15) is 13.2 Å². The molecular formula is C15H19ClF3N. The highest BCUT2D eigenvalue weighted by molar-refractivity contribution is 6.33. The molecule has 0 atom stereocenters. The van der Waals surface area contributed by atoms with Crippen molar-refractivity contribution >= 4 is 17.3 Å². The van der Waals surface area contributed by atoms with E-state index in [1.807, 2.05) is 0 Å². The molecule has 0 heterocycles. The van der Waals surface area contributed by atoms with Gasteiger partial charge in [0.15, 0.2) is 0 Å². The average molecular weight is 306 g/mol. The minimum Gasteiger partial charge on any atom is -0.384 e. The lowest BCUT2D eigenvalue weighted by Gasteiger charge is -2.22. The normalized spacial score (nSPS) is 17.2. The summed E-state index contributed by atoms with van der Waals surface area (Å²) in [4.78, 5) is 0. The minimum absolute atomic E-state index is 0.335. The molecule has 1 saturated carbocycles. The van der Waals surface area contributed by atoms with Crippen molar-refractivity contribution in [2.75, 3.05) is 11.9 Å². The van der Waals surface area contributed by atoms with Crippen LogP contribution in [0, 0.1) is 5.92 Å². The van der Waals surface area contributed by atoms with E-state index < -0.39 is 11.7 Å². The number of hydrogen-bond donors (Lipinski definition) is 1. The van der Waals surface area contributed by atoms with E-state index in [1.165, 1.54) is 38.2 Å². The van der Waals surface area contributed by atoms with Crippen molar-refractivity contribution < 1.29 is 13.2 Å². The lowest BCUT2D eigenvalue weighted by molar-refractivity contribution is -0.137. The Morgan fingerprint density at radius 3 is 2.50 bits per heavy atom. The van der Waals surface area contributed by atoms with E-state index in [-0.39, 0.29) is 0 Å². The fraction of sp³-hybridized carbons (Fsp3) is 0.600. The van der Waals surface area contributed by atoms with E-state index in [0.717, 1.165) is 18.6 Å². The molecule has 1 N–H and O–H groups in total. The lowest BCUT2D eigenvalue weighted by Crippen LogP contribution is -2.13. The fourth-order valence-electron chi connectivity index (χ4n) is 2.72. The van der Waals surface area contributed by atoms with Gasteiger partial charge in [0, 0.05) is 6.54 Å². The first-order chi connectivity index (χ1) is 9.47. The second-order valence-electron chi connectivity index (χ2n) is 5.41. The summed E-state index contributed by atoms with van der Waals surface area (Å²) >= 11 is 5.94. The van der Waals surface area contributed by atoms with Crippen LogP contribution in [0.5, 0.6) is 0 Å². The summed E-state index contributed by atoms with van der Waals surface area (Å²) in [6, 6.07) is 3.39. The van der Waals surface area contributed by atoms with Crippen LogP contribution in [-0.4, -0.2) is 6.54 Å². The minimum atomic E-state index is -4.33. The van der Waals surface area contributed by atoms with Gasteiger partial charge in [-0.1, -0.05) is 43.7 Å². The van der Waals surface area contributed by atoms with E-state index in [9.17, 15) is 13.2 Å². The van der Waals surface area contributed by atoms with Crippen LogP contribution in [0.1, 0.15) is 44.1 Å². The van der Waals surface area contributed by atoms with Gasteiger partial charge in [0.25, 0.3) is 0 Å². The Labute approximate surface area is 122 Å². The zero-order chi connectivity index (χ0) is 14.6. The molecule has 1 aromatic carbocycles. The quantitative estimate of drug-likeness (QED) is 0.747. The van der Waals surface area contributed by atoms with Crippen molar-refractivity contribution in [2.24, 2.45) is 5.92 Å². The summed E-state index contributed by atoms with van der Waals surface area (Å²) < 4.78 is 37.9. The molecule has 112 valence electrons. The van der Waals surface area contributed by atoms with Crippen LogP contribution in [0.25, 0.3) is 0 Å². The molecule has 0 aromatic heterocycles. The van der Waals surface area contributed by atoms with Crippen LogP contribution >= 0.6 is 11.6 Å². The standard InChI is InChI=1S/C15H19ClF3N/c16-13-7-6-12(15(17,18)19)10-14(13)20-9-8-11-4-2-1-3-5-11/h6-7,10-11,20H,1-5,8-9H2. The molecule has 20 heavy (non-hydrogen) atoms. The monoisotopic (exact) mass is 305 g/mol. The molecular weight excluding hydrogens is 287 g/mol. The van der Waals surface area contributed by atoms with Crippen LogP contribution in [0.15, 0.2) is 18.2 Å². The first-order valence-electron chi connectivity index (χ1n) is 7.07. The van der Waals surface area contributed by atoms with E-state index >= 15 is 0 Å². The molecule has 0 amide bonds.